The highest BCUT2D eigenvalue weighted by molar-refractivity contribution is 5.89. The summed E-state index contributed by atoms with van der Waals surface area (Å²) in [6.07, 6.45) is 4.87. The Morgan fingerprint density at radius 3 is 3.14 bits per heavy atom. The first kappa shape index (κ1) is 15.0. The maximum Gasteiger partial charge on any atom is 0.224 e. The Kier molecular flexibility index (Phi) is 3.91. The second-order valence-electron chi connectivity index (χ2n) is 6.51. The molecule has 4 nitrogen and oxygen atoms in total. The minimum Gasteiger partial charge on any atom is -0.396 e. The Hall–Kier alpha value is -1.88. The van der Waals surface area contributed by atoms with Crippen molar-refractivity contribution in [3.05, 3.63) is 35.8 Å². The van der Waals surface area contributed by atoms with Gasteiger partial charge in [0.15, 0.2) is 0 Å². The van der Waals surface area contributed by atoms with E-state index in [-0.39, 0.29) is 36.2 Å². The molecule has 1 aliphatic rings. The summed E-state index contributed by atoms with van der Waals surface area (Å²) in [5, 5.41) is 13.5. The quantitative estimate of drug-likeness (QED) is 0.812. The van der Waals surface area contributed by atoms with Gasteiger partial charge < -0.3 is 15.4 Å². The van der Waals surface area contributed by atoms with E-state index in [4.69, 9.17) is 0 Å². The third kappa shape index (κ3) is 2.73. The van der Waals surface area contributed by atoms with E-state index in [1.165, 1.54) is 12.1 Å². The van der Waals surface area contributed by atoms with E-state index in [2.05, 4.69) is 10.3 Å². The lowest BCUT2D eigenvalue weighted by Gasteiger charge is -2.30. The van der Waals surface area contributed by atoms with Gasteiger partial charge in [-0.25, -0.2) is 4.39 Å². The van der Waals surface area contributed by atoms with Gasteiger partial charge in [0.25, 0.3) is 0 Å². The number of rotatable bonds is 4. The van der Waals surface area contributed by atoms with Crippen molar-refractivity contribution in [2.24, 2.45) is 5.41 Å². The fraction of sp³-hybridized carbons (Fsp3) is 0.471. The zero-order valence-corrected chi connectivity index (χ0v) is 12.7. The molecule has 0 radical (unpaired) electrons. The van der Waals surface area contributed by atoms with Gasteiger partial charge in [-0.3, -0.25) is 4.79 Å². The number of aliphatic hydroxyl groups is 1. The molecule has 118 valence electrons. The summed E-state index contributed by atoms with van der Waals surface area (Å²) in [5.74, 6) is -0.355. The first-order chi connectivity index (χ1) is 10.5. The lowest BCUT2D eigenvalue weighted by atomic mass is 9.85. The van der Waals surface area contributed by atoms with Crippen molar-refractivity contribution in [2.75, 3.05) is 6.61 Å². The monoisotopic (exact) mass is 304 g/mol. The van der Waals surface area contributed by atoms with Gasteiger partial charge in [-0.2, -0.15) is 0 Å². The predicted octanol–water partition coefficient (Wildman–Crippen LogP) is 2.52. The number of hydrogen-bond donors (Lipinski definition) is 3. The SMILES string of the molecule is CC1(CO)CCCC1NC(=O)Cc1c[nH]c2cc(F)ccc12. The fourth-order valence-electron chi connectivity index (χ4n) is 3.39. The van der Waals surface area contributed by atoms with E-state index in [1.807, 2.05) is 6.92 Å². The van der Waals surface area contributed by atoms with Crippen LogP contribution in [-0.2, 0) is 11.2 Å². The third-order valence-corrected chi connectivity index (χ3v) is 4.86. The lowest BCUT2D eigenvalue weighted by molar-refractivity contribution is -0.122. The normalized spacial score (nSPS) is 24.8. The van der Waals surface area contributed by atoms with E-state index in [9.17, 15) is 14.3 Å². The van der Waals surface area contributed by atoms with Gasteiger partial charge >= 0.3 is 0 Å². The van der Waals surface area contributed by atoms with E-state index < -0.39 is 0 Å². The van der Waals surface area contributed by atoms with E-state index >= 15 is 0 Å². The number of nitrogens with one attached hydrogen (secondary N) is 2. The smallest absolute Gasteiger partial charge is 0.224 e. The molecule has 2 unspecified atom stereocenters. The molecule has 1 amide bonds. The van der Waals surface area contributed by atoms with E-state index in [1.54, 1.807) is 12.3 Å². The summed E-state index contributed by atoms with van der Waals surface area (Å²) < 4.78 is 13.2. The Morgan fingerprint density at radius 1 is 1.55 bits per heavy atom. The van der Waals surface area contributed by atoms with Crippen molar-refractivity contribution in [3.63, 3.8) is 0 Å². The van der Waals surface area contributed by atoms with Crippen LogP contribution >= 0.6 is 0 Å². The van der Waals surface area contributed by atoms with Crippen LogP contribution in [0.15, 0.2) is 24.4 Å². The van der Waals surface area contributed by atoms with Crippen molar-refractivity contribution in [3.8, 4) is 0 Å². The van der Waals surface area contributed by atoms with Crippen LogP contribution in [0.5, 0.6) is 0 Å². The highest BCUT2D eigenvalue weighted by atomic mass is 19.1. The van der Waals surface area contributed by atoms with Crippen LogP contribution in [0.25, 0.3) is 10.9 Å². The molecule has 2 aromatic rings. The van der Waals surface area contributed by atoms with Gasteiger partial charge in [-0.1, -0.05) is 13.3 Å². The zero-order chi connectivity index (χ0) is 15.7. The van der Waals surface area contributed by atoms with Crippen molar-refractivity contribution < 1.29 is 14.3 Å². The Balaban J connectivity index is 1.71. The summed E-state index contributed by atoms with van der Waals surface area (Å²) in [5.41, 5.74) is 1.33. The minimum atomic E-state index is -0.296. The molecule has 0 aliphatic heterocycles. The molecule has 1 aliphatic carbocycles. The molecule has 1 aromatic carbocycles. The standard InChI is InChI=1S/C17H21FN2O2/c1-17(10-21)6-2-3-15(17)20-16(22)7-11-9-19-14-8-12(18)4-5-13(11)14/h4-5,8-9,15,19,21H,2-3,6-7,10H2,1H3,(H,20,22). The number of aromatic nitrogens is 1. The second kappa shape index (κ2) is 5.72. The first-order valence-corrected chi connectivity index (χ1v) is 7.67. The number of carbonyl (C=O) groups excluding carboxylic acids is 1. The Labute approximate surface area is 128 Å². The molecule has 1 fully saturated rings. The average molecular weight is 304 g/mol. The van der Waals surface area contributed by atoms with Crippen LogP contribution < -0.4 is 5.32 Å². The molecule has 0 bridgehead atoms. The highest BCUT2D eigenvalue weighted by Crippen LogP contribution is 2.37. The summed E-state index contributed by atoms with van der Waals surface area (Å²) in [6.45, 7) is 2.10. The van der Waals surface area contributed by atoms with Crippen LogP contribution in [0, 0.1) is 11.2 Å². The number of H-pyrrole nitrogens is 1. The number of hydrogen-bond acceptors (Lipinski definition) is 2. The number of aromatic amines is 1. The number of fused-ring (bicyclic) bond motifs is 1. The fourth-order valence-corrected chi connectivity index (χ4v) is 3.39. The topological polar surface area (TPSA) is 65.1 Å². The molecule has 0 spiro atoms. The molecule has 0 saturated heterocycles. The summed E-state index contributed by atoms with van der Waals surface area (Å²) in [6, 6.07) is 4.54. The largest absolute Gasteiger partial charge is 0.396 e. The molecular formula is C17H21FN2O2. The van der Waals surface area contributed by atoms with Crippen LogP contribution in [0.1, 0.15) is 31.7 Å². The maximum atomic E-state index is 13.2. The van der Waals surface area contributed by atoms with Crippen molar-refractivity contribution >= 4 is 16.8 Å². The van der Waals surface area contributed by atoms with Crippen LogP contribution in [0.4, 0.5) is 4.39 Å². The summed E-state index contributed by atoms with van der Waals surface area (Å²) in [7, 11) is 0. The van der Waals surface area contributed by atoms with Gasteiger partial charge in [0, 0.05) is 28.6 Å². The zero-order valence-electron chi connectivity index (χ0n) is 12.7. The predicted molar refractivity (Wildman–Crippen MR) is 82.9 cm³/mol. The highest BCUT2D eigenvalue weighted by Gasteiger charge is 2.39. The van der Waals surface area contributed by atoms with Gasteiger partial charge in [0.2, 0.25) is 5.91 Å². The molecular weight excluding hydrogens is 283 g/mol. The van der Waals surface area contributed by atoms with Crippen molar-refractivity contribution in [1.82, 2.24) is 10.3 Å². The maximum absolute atomic E-state index is 13.2. The molecule has 22 heavy (non-hydrogen) atoms. The molecule has 2 atom stereocenters. The number of halogens is 1. The third-order valence-electron chi connectivity index (χ3n) is 4.86. The Morgan fingerprint density at radius 2 is 2.36 bits per heavy atom. The molecule has 1 heterocycles. The van der Waals surface area contributed by atoms with Gasteiger partial charge in [0.1, 0.15) is 5.82 Å². The average Bonchev–Trinajstić information content (AvgIpc) is 3.04. The summed E-state index contributed by atoms with van der Waals surface area (Å²) >= 11 is 0. The minimum absolute atomic E-state index is 0.0210. The molecule has 1 aromatic heterocycles. The molecule has 3 N–H and O–H groups in total. The molecule has 5 heteroatoms. The van der Waals surface area contributed by atoms with Gasteiger partial charge in [-0.05, 0) is 36.6 Å². The number of benzene rings is 1. The van der Waals surface area contributed by atoms with E-state index in [0.717, 1.165) is 30.2 Å². The number of aliphatic hydroxyl groups excluding tert-OH is 1. The van der Waals surface area contributed by atoms with Crippen molar-refractivity contribution in [1.29, 1.82) is 0 Å². The van der Waals surface area contributed by atoms with Crippen molar-refractivity contribution in [2.45, 2.75) is 38.6 Å². The Bertz CT molecular complexity index is 697. The molecule has 1 saturated carbocycles. The van der Waals surface area contributed by atoms with E-state index in [0.29, 0.717) is 5.52 Å². The lowest BCUT2D eigenvalue weighted by Crippen LogP contribution is -2.45. The first-order valence-electron chi connectivity index (χ1n) is 7.67. The summed E-state index contributed by atoms with van der Waals surface area (Å²) in [4.78, 5) is 15.3. The van der Waals surface area contributed by atoms with Gasteiger partial charge in [0.05, 0.1) is 13.0 Å². The van der Waals surface area contributed by atoms with Crippen LogP contribution in [-0.4, -0.2) is 28.6 Å². The van der Waals surface area contributed by atoms with Gasteiger partial charge in [-0.15, -0.1) is 0 Å². The second-order valence-corrected chi connectivity index (χ2v) is 6.51. The molecule has 3 rings (SSSR count). The van der Waals surface area contributed by atoms with Crippen LogP contribution in [0.3, 0.4) is 0 Å². The van der Waals surface area contributed by atoms with Crippen LogP contribution in [0.2, 0.25) is 0 Å². The number of amides is 1. The number of carbonyl (C=O) groups is 1.